The van der Waals surface area contributed by atoms with Crippen molar-refractivity contribution in [2.45, 2.75) is 52.1 Å². The van der Waals surface area contributed by atoms with Crippen molar-refractivity contribution in [2.24, 2.45) is 11.7 Å². The molecule has 1 aromatic heterocycles. The van der Waals surface area contributed by atoms with E-state index in [1.807, 2.05) is 13.0 Å². The zero-order chi connectivity index (χ0) is 13.8. The molecule has 4 heteroatoms. The first-order chi connectivity index (χ1) is 9.11. The fourth-order valence-electron chi connectivity index (χ4n) is 2.80. The van der Waals surface area contributed by atoms with Crippen molar-refractivity contribution in [1.82, 2.24) is 4.98 Å². The smallest absolute Gasteiger partial charge is 0.224 e. The molecule has 0 amide bonds. The van der Waals surface area contributed by atoms with E-state index in [4.69, 9.17) is 22.7 Å². The molecule has 0 bridgehead atoms. The molecule has 19 heavy (non-hydrogen) atoms. The molecular weight excluding hydrogens is 256 g/mol. The average molecular weight is 278 g/mol. The van der Waals surface area contributed by atoms with E-state index in [-0.39, 0.29) is 6.10 Å². The highest BCUT2D eigenvalue weighted by molar-refractivity contribution is 7.80. The average Bonchev–Trinajstić information content (AvgIpc) is 2.38. The van der Waals surface area contributed by atoms with Gasteiger partial charge in [0, 0.05) is 6.20 Å². The summed E-state index contributed by atoms with van der Waals surface area (Å²) in [5, 5.41) is 0. The number of aromatic nitrogens is 1. The van der Waals surface area contributed by atoms with Crippen molar-refractivity contribution in [3.8, 4) is 5.88 Å². The molecule has 0 spiro atoms. The molecule has 1 heterocycles. The number of ether oxygens (including phenoxy) is 1. The fourth-order valence-corrected chi connectivity index (χ4v) is 3.05. The summed E-state index contributed by atoms with van der Waals surface area (Å²) in [6.45, 7) is 4.23. The van der Waals surface area contributed by atoms with Crippen molar-refractivity contribution in [3.05, 3.63) is 23.4 Å². The van der Waals surface area contributed by atoms with Crippen LogP contribution in [0.1, 0.15) is 50.2 Å². The molecule has 2 N–H and O–H groups in total. The maximum Gasteiger partial charge on any atom is 0.224 e. The topological polar surface area (TPSA) is 48.1 Å². The van der Waals surface area contributed by atoms with Gasteiger partial charge < -0.3 is 10.5 Å². The molecule has 1 aliphatic carbocycles. The molecule has 1 aromatic rings. The van der Waals surface area contributed by atoms with Gasteiger partial charge in [-0.3, -0.25) is 0 Å². The number of nitrogens with two attached hydrogens (primary N) is 1. The Morgan fingerprint density at radius 3 is 3.00 bits per heavy atom. The Labute approximate surface area is 120 Å². The van der Waals surface area contributed by atoms with E-state index in [9.17, 15) is 0 Å². The van der Waals surface area contributed by atoms with E-state index in [0.29, 0.717) is 10.9 Å². The maximum absolute atomic E-state index is 6.08. The summed E-state index contributed by atoms with van der Waals surface area (Å²) in [6, 6.07) is 1.91. The molecule has 2 atom stereocenters. The number of aryl methyl sites for hydroxylation is 1. The van der Waals surface area contributed by atoms with E-state index in [2.05, 4.69) is 11.9 Å². The van der Waals surface area contributed by atoms with Gasteiger partial charge in [-0.25, -0.2) is 4.98 Å². The summed E-state index contributed by atoms with van der Waals surface area (Å²) in [5.74, 6) is 1.38. The third kappa shape index (κ3) is 3.44. The summed E-state index contributed by atoms with van der Waals surface area (Å²) < 4.78 is 6.08. The molecule has 0 aromatic carbocycles. The molecular formula is C15H22N2OS. The van der Waals surface area contributed by atoms with E-state index >= 15 is 0 Å². The van der Waals surface area contributed by atoms with Crippen LogP contribution < -0.4 is 10.5 Å². The molecule has 1 saturated carbocycles. The van der Waals surface area contributed by atoms with E-state index in [1.54, 1.807) is 6.20 Å². The summed E-state index contributed by atoms with van der Waals surface area (Å²) in [4.78, 5) is 4.68. The number of nitrogens with zero attached hydrogens (tertiary/aromatic N) is 1. The third-order valence-corrected chi connectivity index (χ3v) is 4.17. The van der Waals surface area contributed by atoms with Gasteiger partial charge in [0.25, 0.3) is 0 Å². The van der Waals surface area contributed by atoms with Gasteiger partial charge in [-0.15, -0.1) is 0 Å². The van der Waals surface area contributed by atoms with E-state index in [1.165, 1.54) is 19.3 Å². The van der Waals surface area contributed by atoms with E-state index < -0.39 is 0 Å². The second-order valence-corrected chi connectivity index (χ2v) is 5.79. The van der Waals surface area contributed by atoms with Crippen LogP contribution in [-0.4, -0.2) is 16.1 Å². The highest BCUT2D eigenvalue weighted by Crippen LogP contribution is 2.30. The number of hydrogen-bond acceptors (Lipinski definition) is 3. The predicted octanol–water partition coefficient (Wildman–Crippen LogP) is 3.37. The first-order valence-electron chi connectivity index (χ1n) is 7.03. The highest BCUT2D eigenvalue weighted by atomic mass is 32.1. The molecule has 1 fully saturated rings. The molecule has 0 aliphatic heterocycles. The Morgan fingerprint density at radius 2 is 2.32 bits per heavy atom. The van der Waals surface area contributed by atoms with Gasteiger partial charge in [0.1, 0.15) is 11.1 Å². The summed E-state index contributed by atoms with van der Waals surface area (Å²) in [5.41, 5.74) is 7.60. The number of thiocarbonyl (C=S) groups is 1. The number of pyridine rings is 1. The van der Waals surface area contributed by atoms with Crippen LogP contribution in [0, 0.1) is 12.8 Å². The maximum atomic E-state index is 6.08. The van der Waals surface area contributed by atoms with Gasteiger partial charge in [0.15, 0.2) is 0 Å². The lowest BCUT2D eigenvalue weighted by Gasteiger charge is -2.29. The zero-order valence-electron chi connectivity index (χ0n) is 11.7. The SMILES string of the molecule is CCC1CCCC(Oc2nccc(C)c2C(N)=S)C1. The van der Waals surface area contributed by atoms with Crippen LogP contribution >= 0.6 is 12.2 Å². The molecule has 2 unspecified atom stereocenters. The van der Waals surface area contributed by atoms with Crippen molar-refractivity contribution in [1.29, 1.82) is 0 Å². The molecule has 0 radical (unpaired) electrons. The van der Waals surface area contributed by atoms with Crippen LogP contribution in [0.5, 0.6) is 5.88 Å². The second-order valence-electron chi connectivity index (χ2n) is 5.35. The first kappa shape index (κ1) is 14.3. The quantitative estimate of drug-likeness (QED) is 0.858. The molecule has 2 rings (SSSR count). The lowest BCUT2D eigenvalue weighted by Crippen LogP contribution is -2.27. The Bertz CT molecular complexity index is 461. The van der Waals surface area contributed by atoms with Gasteiger partial charge in [-0.05, 0) is 43.7 Å². The van der Waals surface area contributed by atoms with Crippen molar-refractivity contribution < 1.29 is 4.74 Å². The Hall–Kier alpha value is -1.16. The lowest BCUT2D eigenvalue weighted by atomic mass is 9.85. The summed E-state index contributed by atoms with van der Waals surface area (Å²) in [7, 11) is 0. The van der Waals surface area contributed by atoms with Crippen LogP contribution in [-0.2, 0) is 0 Å². The van der Waals surface area contributed by atoms with Gasteiger partial charge in [-0.1, -0.05) is 32.0 Å². The van der Waals surface area contributed by atoms with E-state index in [0.717, 1.165) is 29.9 Å². The van der Waals surface area contributed by atoms with Crippen molar-refractivity contribution in [2.75, 3.05) is 0 Å². The third-order valence-electron chi connectivity index (χ3n) is 3.96. The lowest BCUT2D eigenvalue weighted by molar-refractivity contribution is 0.117. The molecule has 1 aliphatic rings. The predicted molar refractivity (Wildman–Crippen MR) is 81.5 cm³/mol. The minimum atomic E-state index is 0.251. The second kappa shape index (κ2) is 6.33. The van der Waals surface area contributed by atoms with Crippen molar-refractivity contribution >= 4 is 17.2 Å². The number of rotatable bonds is 4. The molecule has 3 nitrogen and oxygen atoms in total. The van der Waals surface area contributed by atoms with Crippen molar-refractivity contribution in [3.63, 3.8) is 0 Å². The van der Waals surface area contributed by atoms with Gasteiger partial charge in [-0.2, -0.15) is 0 Å². The van der Waals surface area contributed by atoms with Crippen LogP contribution in [0.3, 0.4) is 0 Å². The minimum Gasteiger partial charge on any atom is -0.474 e. The van der Waals surface area contributed by atoms with Gasteiger partial charge in [0.05, 0.1) is 5.56 Å². The normalized spacial score (nSPS) is 23.1. The van der Waals surface area contributed by atoms with Gasteiger partial charge >= 0.3 is 0 Å². The fraction of sp³-hybridized carbons (Fsp3) is 0.600. The van der Waals surface area contributed by atoms with Crippen LogP contribution in [0.25, 0.3) is 0 Å². The first-order valence-corrected chi connectivity index (χ1v) is 7.44. The van der Waals surface area contributed by atoms with Crippen LogP contribution in [0.4, 0.5) is 0 Å². The largest absolute Gasteiger partial charge is 0.474 e. The minimum absolute atomic E-state index is 0.251. The number of hydrogen-bond donors (Lipinski definition) is 1. The monoisotopic (exact) mass is 278 g/mol. The zero-order valence-corrected chi connectivity index (χ0v) is 12.5. The molecule has 104 valence electrons. The van der Waals surface area contributed by atoms with Gasteiger partial charge in [0.2, 0.25) is 5.88 Å². The summed E-state index contributed by atoms with van der Waals surface area (Å²) >= 11 is 5.11. The summed E-state index contributed by atoms with van der Waals surface area (Å²) in [6.07, 6.45) is 8.00. The standard InChI is InChI=1S/C15H22N2OS/c1-3-11-5-4-6-12(9-11)18-15-13(14(16)19)10(2)7-8-17-15/h7-8,11-12H,3-6,9H2,1-2H3,(H2,16,19). The Morgan fingerprint density at radius 1 is 1.53 bits per heavy atom. The van der Waals surface area contributed by atoms with Crippen LogP contribution in [0.15, 0.2) is 12.3 Å². The highest BCUT2D eigenvalue weighted by Gasteiger charge is 2.24. The Kier molecular flexibility index (Phi) is 4.75. The van der Waals surface area contributed by atoms with Crippen LogP contribution in [0.2, 0.25) is 0 Å². The molecule has 0 saturated heterocycles. The Balaban J connectivity index is 2.14.